The van der Waals surface area contributed by atoms with Crippen LogP contribution in [0.2, 0.25) is 0 Å². The predicted octanol–water partition coefficient (Wildman–Crippen LogP) is 3.61. The smallest absolute Gasteiger partial charge is 0.0694 e. The summed E-state index contributed by atoms with van der Waals surface area (Å²) in [5, 5.41) is 4.68. The SMILES string of the molecule is C/C=C\Cc1nn(Cc2ccccc2)cc1CC. The zero-order chi connectivity index (χ0) is 12.8. The van der Waals surface area contributed by atoms with Crippen molar-refractivity contribution in [1.29, 1.82) is 0 Å². The number of rotatable bonds is 5. The van der Waals surface area contributed by atoms with Crippen LogP contribution in [0.15, 0.2) is 48.7 Å². The second kappa shape index (κ2) is 6.20. The molecule has 0 aliphatic rings. The maximum Gasteiger partial charge on any atom is 0.0694 e. The molecule has 0 N–H and O–H groups in total. The van der Waals surface area contributed by atoms with Gasteiger partial charge in [0.2, 0.25) is 0 Å². The molecule has 0 radical (unpaired) electrons. The molecule has 18 heavy (non-hydrogen) atoms. The van der Waals surface area contributed by atoms with Crippen molar-refractivity contribution in [2.45, 2.75) is 33.2 Å². The summed E-state index contributed by atoms with van der Waals surface area (Å²) in [5.74, 6) is 0. The summed E-state index contributed by atoms with van der Waals surface area (Å²) in [5.41, 5.74) is 3.84. The zero-order valence-corrected chi connectivity index (χ0v) is 11.1. The number of benzene rings is 1. The monoisotopic (exact) mass is 240 g/mol. The van der Waals surface area contributed by atoms with Crippen LogP contribution in [0, 0.1) is 0 Å². The highest BCUT2D eigenvalue weighted by atomic mass is 15.3. The molecular weight excluding hydrogens is 220 g/mol. The van der Waals surface area contributed by atoms with Gasteiger partial charge < -0.3 is 0 Å². The van der Waals surface area contributed by atoms with Gasteiger partial charge in [0, 0.05) is 12.6 Å². The van der Waals surface area contributed by atoms with Gasteiger partial charge in [-0.3, -0.25) is 4.68 Å². The van der Waals surface area contributed by atoms with E-state index in [0.29, 0.717) is 0 Å². The summed E-state index contributed by atoms with van der Waals surface area (Å²) in [7, 11) is 0. The molecule has 0 atom stereocenters. The van der Waals surface area contributed by atoms with E-state index < -0.39 is 0 Å². The zero-order valence-electron chi connectivity index (χ0n) is 11.1. The minimum atomic E-state index is 0.851. The molecule has 0 saturated heterocycles. The molecule has 0 fully saturated rings. The van der Waals surface area contributed by atoms with Gasteiger partial charge in [-0.1, -0.05) is 49.4 Å². The number of aromatic nitrogens is 2. The first-order chi connectivity index (χ1) is 8.83. The lowest BCUT2D eigenvalue weighted by Gasteiger charge is -2.00. The molecule has 0 amide bonds. The Morgan fingerprint density at radius 1 is 1.22 bits per heavy atom. The summed E-state index contributed by atoms with van der Waals surface area (Å²) in [6.07, 6.45) is 8.39. The van der Waals surface area contributed by atoms with E-state index in [-0.39, 0.29) is 0 Å². The third kappa shape index (κ3) is 3.10. The fraction of sp³-hybridized carbons (Fsp3) is 0.312. The summed E-state index contributed by atoms with van der Waals surface area (Å²) < 4.78 is 2.05. The molecule has 0 spiro atoms. The Balaban J connectivity index is 2.16. The van der Waals surface area contributed by atoms with E-state index in [1.165, 1.54) is 16.8 Å². The molecule has 2 heteroatoms. The first-order valence-corrected chi connectivity index (χ1v) is 6.53. The summed E-state index contributed by atoms with van der Waals surface area (Å²) in [6.45, 7) is 5.08. The molecule has 2 nitrogen and oxygen atoms in total. The second-order valence-corrected chi connectivity index (χ2v) is 4.41. The van der Waals surface area contributed by atoms with Gasteiger partial charge >= 0.3 is 0 Å². The Bertz CT molecular complexity index is 509. The Hall–Kier alpha value is -1.83. The molecule has 0 saturated carbocycles. The van der Waals surface area contributed by atoms with Crippen LogP contribution in [0.25, 0.3) is 0 Å². The maximum absolute atomic E-state index is 4.68. The van der Waals surface area contributed by atoms with Crippen molar-refractivity contribution in [3.63, 3.8) is 0 Å². The molecule has 2 rings (SSSR count). The summed E-state index contributed by atoms with van der Waals surface area (Å²) in [6, 6.07) is 10.5. The quantitative estimate of drug-likeness (QED) is 0.730. The maximum atomic E-state index is 4.68. The third-order valence-corrected chi connectivity index (χ3v) is 3.04. The van der Waals surface area contributed by atoms with Crippen LogP contribution in [0.4, 0.5) is 0 Å². The predicted molar refractivity (Wildman–Crippen MR) is 75.7 cm³/mol. The van der Waals surface area contributed by atoms with E-state index in [0.717, 1.165) is 19.4 Å². The molecule has 0 bridgehead atoms. The van der Waals surface area contributed by atoms with Crippen LogP contribution in [0.1, 0.15) is 30.7 Å². The molecular formula is C16H20N2. The van der Waals surface area contributed by atoms with Gasteiger partial charge in [-0.25, -0.2) is 0 Å². The van der Waals surface area contributed by atoms with Crippen LogP contribution in [-0.4, -0.2) is 9.78 Å². The lowest BCUT2D eigenvalue weighted by Crippen LogP contribution is -2.00. The molecule has 0 aliphatic heterocycles. The Morgan fingerprint density at radius 2 is 2.00 bits per heavy atom. The van der Waals surface area contributed by atoms with Crippen LogP contribution in [0.5, 0.6) is 0 Å². The fourth-order valence-electron chi connectivity index (χ4n) is 2.05. The minimum absolute atomic E-state index is 0.851. The Morgan fingerprint density at radius 3 is 2.67 bits per heavy atom. The van der Waals surface area contributed by atoms with E-state index >= 15 is 0 Å². The highest BCUT2D eigenvalue weighted by molar-refractivity contribution is 5.21. The fourth-order valence-corrected chi connectivity index (χ4v) is 2.05. The molecule has 2 aromatic rings. The van der Waals surface area contributed by atoms with Gasteiger partial charge in [-0.15, -0.1) is 0 Å². The van der Waals surface area contributed by atoms with Crippen molar-refractivity contribution in [3.05, 3.63) is 65.5 Å². The Labute approximate surface area is 109 Å². The van der Waals surface area contributed by atoms with E-state index in [1.54, 1.807) is 0 Å². The molecule has 1 aromatic heterocycles. The minimum Gasteiger partial charge on any atom is -0.268 e. The van der Waals surface area contributed by atoms with Crippen molar-refractivity contribution in [1.82, 2.24) is 9.78 Å². The van der Waals surface area contributed by atoms with Gasteiger partial charge in [-0.2, -0.15) is 5.10 Å². The second-order valence-electron chi connectivity index (χ2n) is 4.41. The van der Waals surface area contributed by atoms with Crippen molar-refractivity contribution >= 4 is 0 Å². The average molecular weight is 240 g/mol. The lowest BCUT2D eigenvalue weighted by atomic mass is 10.1. The lowest BCUT2D eigenvalue weighted by molar-refractivity contribution is 0.676. The molecule has 0 unspecified atom stereocenters. The van der Waals surface area contributed by atoms with E-state index in [9.17, 15) is 0 Å². The van der Waals surface area contributed by atoms with E-state index in [2.05, 4.69) is 54.6 Å². The summed E-state index contributed by atoms with van der Waals surface area (Å²) in [4.78, 5) is 0. The van der Waals surface area contributed by atoms with Gasteiger partial charge in [-0.05, 0) is 24.5 Å². The standard InChI is InChI=1S/C16H20N2/c1-3-5-11-16-15(4-2)13-18(17-16)12-14-9-7-6-8-10-14/h3,5-10,13H,4,11-12H2,1-2H3/b5-3-. The first kappa shape index (κ1) is 12.6. The molecule has 1 heterocycles. The Kier molecular flexibility index (Phi) is 4.35. The highest BCUT2D eigenvalue weighted by Gasteiger charge is 2.06. The molecule has 0 aliphatic carbocycles. The summed E-state index contributed by atoms with van der Waals surface area (Å²) >= 11 is 0. The number of hydrogen-bond donors (Lipinski definition) is 0. The van der Waals surface area contributed by atoms with E-state index in [1.807, 2.05) is 17.7 Å². The van der Waals surface area contributed by atoms with Gasteiger partial charge in [0.15, 0.2) is 0 Å². The number of nitrogens with zero attached hydrogens (tertiary/aromatic N) is 2. The third-order valence-electron chi connectivity index (χ3n) is 3.04. The van der Waals surface area contributed by atoms with Crippen molar-refractivity contribution in [3.8, 4) is 0 Å². The normalized spacial score (nSPS) is 11.2. The van der Waals surface area contributed by atoms with Gasteiger partial charge in [0.1, 0.15) is 0 Å². The van der Waals surface area contributed by atoms with Crippen LogP contribution >= 0.6 is 0 Å². The van der Waals surface area contributed by atoms with Crippen molar-refractivity contribution < 1.29 is 0 Å². The first-order valence-electron chi connectivity index (χ1n) is 6.53. The topological polar surface area (TPSA) is 17.8 Å². The molecule has 1 aromatic carbocycles. The number of hydrogen-bond acceptors (Lipinski definition) is 1. The van der Waals surface area contributed by atoms with Gasteiger partial charge in [0.05, 0.1) is 12.2 Å². The average Bonchev–Trinajstić information content (AvgIpc) is 2.79. The van der Waals surface area contributed by atoms with Crippen LogP contribution < -0.4 is 0 Å². The van der Waals surface area contributed by atoms with E-state index in [4.69, 9.17) is 0 Å². The number of aryl methyl sites for hydroxylation is 1. The molecule has 94 valence electrons. The van der Waals surface area contributed by atoms with Crippen molar-refractivity contribution in [2.75, 3.05) is 0 Å². The van der Waals surface area contributed by atoms with Gasteiger partial charge in [0.25, 0.3) is 0 Å². The van der Waals surface area contributed by atoms with Crippen molar-refractivity contribution in [2.24, 2.45) is 0 Å². The highest BCUT2D eigenvalue weighted by Crippen LogP contribution is 2.11. The number of allylic oxidation sites excluding steroid dienone is 2. The van der Waals surface area contributed by atoms with Crippen LogP contribution in [-0.2, 0) is 19.4 Å². The van der Waals surface area contributed by atoms with Crippen LogP contribution in [0.3, 0.4) is 0 Å². The largest absolute Gasteiger partial charge is 0.268 e.